The molecule has 3 nitrogen and oxygen atoms in total. The minimum atomic E-state index is 0.904. The Morgan fingerprint density at radius 3 is 1.61 bits per heavy atom. The average molecular weight is 729 g/mol. The van der Waals surface area contributed by atoms with Gasteiger partial charge in [-0.05, 0) is 106 Å². The van der Waals surface area contributed by atoms with E-state index >= 15 is 0 Å². The van der Waals surface area contributed by atoms with Gasteiger partial charge in [0, 0.05) is 44.3 Å². The molecule has 0 saturated heterocycles. The van der Waals surface area contributed by atoms with Gasteiger partial charge in [-0.25, -0.2) is 0 Å². The van der Waals surface area contributed by atoms with Crippen LogP contribution in [0.3, 0.4) is 0 Å². The Morgan fingerprint density at radius 2 is 0.895 bits per heavy atom. The van der Waals surface area contributed by atoms with Crippen molar-refractivity contribution in [1.29, 1.82) is 0 Å². The van der Waals surface area contributed by atoms with Gasteiger partial charge < -0.3 is 13.9 Å². The largest absolute Gasteiger partial charge is 0.456 e. The van der Waals surface area contributed by atoms with Gasteiger partial charge >= 0.3 is 0 Å². The highest BCUT2D eigenvalue weighted by molar-refractivity contribution is 6.16. The van der Waals surface area contributed by atoms with Crippen LogP contribution in [-0.2, 0) is 0 Å². The predicted molar refractivity (Wildman–Crippen MR) is 239 cm³/mol. The van der Waals surface area contributed by atoms with E-state index in [2.05, 4.69) is 216 Å². The molecule has 0 bridgehead atoms. The minimum absolute atomic E-state index is 0.904. The number of hydrogen-bond donors (Lipinski definition) is 0. The second-order valence-corrected chi connectivity index (χ2v) is 14.5. The Kier molecular flexibility index (Phi) is 7.82. The standard InChI is InChI=1S/C54H36N2O/c1-4-13-37(14-5-1)38-23-28-43(29-24-38)55(44-30-25-39(26-31-44)41-27-34-53-49(35-41)47-19-10-11-22-52(47)57-53)45-32-33-48-51(36-45)56(42-17-8-3-9-18-42)50-21-12-20-46(54(48)50)40-15-6-2-7-16-40/h1-36H. The Bertz CT molecular complexity index is 3200. The van der Waals surface area contributed by atoms with E-state index in [1.165, 1.54) is 38.5 Å². The van der Waals surface area contributed by atoms with Gasteiger partial charge in [-0.15, -0.1) is 0 Å². The quantitative estimate of drug-likeness (QED) is 0.163. The van der Waals surface area contributed by atoms with Crippen molar-refractivity contribution < 1.29 is 4.42 Å². The highest BCUT2D eigenvalue weighted by Crippen LogP contribution is 2.43. The maximum absolute atomic E-state index is 6.14. The zero-order valence-corrected chi connectivity index (χ0v) is 31.1. The third-order valence-corrected chi connectivity index (χ3v) is 11.2. The van der Waals surface area contributed by atoms with E-state index in [0.29, 0.717) is 0 Å². The first kappa shape index (κ1) is 32.8. The first-order chi connectivity index (χ1) is 28.3. The first-order valence-electron chi connectivity index (χ1n) is 19.4. The lowest BCUT2D eigenvalue weighted by Gasteiger charge is -2.26. The van der Waals surface area contributed by atoms with Crippen molar-refractivity contribution in [3.05, 3.63) is 218 Å². The molecule has 0 aliphatic carbocycles. The van der Waals surface area contributed by atoms with Gasteiger partial charge in [-0.1, -0.05) is 146 Å². The van der Waals surface area contributed by atoms with Crippen LogP contribution in [-0.4, -0.2) is 4.57 Å². The van der Waals surface area contributed by atoms with Crippen molar-refractivity contribution >= 4 is 60.8 Å². The summed E-state index contributed by atoms with van der Waals surface area (Å²) in [6, 6.07) is 78.2. The van der Waals surface area contributed by atoms with Gasteiger partial charge in [0.05, 0.1) is 11.0 Å². The van der Waals surface area contributed by atoms with E-state index in [-0.39, 0.29) is 0 Å². The first-order valence-corrected chi connectivity index (χ1v) is 19.4. The van der Waals surface area contributed by atoms with E-state index in [9.17, 15) is 0 Å². The van der Waals surface area contributed by atoms with E-state index in [1.807, 2.05) is 12.1 Å². The molecule has 0 N–H and O–H groups in total. The van der Waals surface area contributed by atoms with E-state index in [1.54, 1.807) is 0 Å². The molecule has 0 aliphatic heterocycles. The summed E-state index contributed by atoms with van der Waals surface area (Å²) >= 11 is 0. The Hall–Kier alpha value is -7.62. The smallest absolute Gasteiger partial charge is 0.135 e. The Labute approximate surface area is 330 Å². The lowest BCUT2D eigenvalue weighted by molar-refractivity contribution is 0.669. The van der Waals surface area contributed by atoms with Crippen LogP contribution in [0.5, 0.6) is 0 Å². The molecular weight excluding hydrogens is 693 g/mol. The summed E-state index contributed by atoms with van der Waals surface area (Å²) in [6.07, 6.45) is 0. The molecule has 2 heterocycles. The summed E-state index contributed by atoms with van der Waals surface area (Å²) < 4.78 is 8.55. The summed E-state index contributed by atoms with van der Waals surface area (Å²) in [4.78, 5) is 2.37. The fourth-order valence-electron chi connectivity index (χ4n) is 8.50. The van der Waals surface area contributed by atoms with Crippen molar-refractivity contribution in [2.24, 2.45) is 0 Å². The topological polar surface area (TPSA) is 21.3 Å². The van der Waals surface area contributed by atoms with Crippen molar-refractivity contribution in [2.45, 2.75) is 0 Å². The van der Waals surface area contributed by atoms with Crippen LogP contribution >= 0.6 is 0 Å². The van der Waals surface area contributed by atoms with Crippen molar-refractivity contribution in [3.8, 4) is 39.1 Å². The third-order valence-electron chi connectivity index (χ3n) is 11.2. The fraction of sp³-hybridized carbons (Fsp3) is 0. The highest BCUT2D eigenvalue weighted by atomic mass is 16.3. The van der Waals surface area contributed by atoms with Gasteiger partial charge in [0.15, 0.2) is 0 Å². The number of anilines is 3. The molecule has 0 fully saturated rings. The van der Waals surface area contributed by atoms with Crippen LogP contribution < -0.4 is 4.90 Å². The zero-order chi connectivity index (χ0) is 37.7. The molecule has 9 aromatic carbocycles. The van der Waals surface area contributed by atoms with E-state index < -0.39 is 0 Å². The normalized spacial score (nSPS) is 11.5. The molecule has 268 valence electrons. The fourth-order valence-corrected chi connectivity index (χ4v) is 8.50. The predicted octanol–water partition coefficient (Wildman–Crippen LogP) is 15.2. The lowest BCUT2D eigenvalue weighted by atomic mass is 9.99. The number of aromatic nitrogens is 1. The minimum Gasteiger partial charge on any atom is -0.456 e. The van der Waals surface area contributed by atoms with Crippen molar-refractivity contribution in [3.63, 3.8) is 0 Å². The summed E-state index contributed by atoms with van der Waals surface area (Å²) in [5, 5.41) is 4.73. The molecule has 0 amide bonds. The molecule has 11 aromatic rings. The number of benzene rings is 9. The average Bonchev–Trinajstić information content (AvgIpc) is 3.83. The molecule has 0 aliphatic rings. The van der Waals surface area contributed by atoms with Crippen LogP contribution in [0.4, 0.5) is 17.1 Å². The van der Waals surface area contributed by atoms with Gasteiger partial charge in [-0.2, -0.15) is 0 Å². The van der Waals surface area contributed by atoms with Crippen LogP contribution in [0.2, 0.25) is 0 Å². The summed E-state index contributed by atoms with van der Waals surface area (Å²) in [5.41, 5.74) is 15.6. The SMILES string of the molecule is c1ccc(-c2ccc(N(c3ccc(-c4ccc5oc6ccccc6c5c4)cc3)c3ccc4c5c(-c6ccccc6)cccc5n(-c5ccccc5)c4c3)cc2)cc1. The number of furan rings is 1. The molecule has 0 saturated carbocycles. The van der Waals surface area contributed by atoms with E-state index in [4.69, 9.17) is 4.42 Å². The van der Waals surface area contributed by atoms with Gasteiger partial charge in [0.1, 0.15) is 11.2 Å². The maximum atomic E-state index is 6.14. The molecular formula is C54H36N2O. The van der Waals surface area contributed by atoms with Crippen LogP contribution in [0, 0.1) is 0 Å². The molecule has 0 radical (unpaired) electrons. The van der Waals surface area contributed by atoms with Gasteiger partial charge in [-0.3, -0.25) is 0 Å². The molecule has 57 heavy (non-hydrogen) atoms. The van der Waals surface area contributed by atoms with Crippen LogP contribution in [0.15, 0.2) is 223 Å². The highest BCUT2D eigenvalue weighted by Gasteiger charge is 2.20. The maximum Gasteiger partial charge on any atom is 0.135 e. The molecule has 2 aromatic heterocycles. The molecule has 3 heteroatoms. The number of nitrogens with zero attached hydrogens (tertiary/aromatic N) is 2. The van der Waals surface area contributed by atoms with Crippen LogP contribution in [0.25, 0.3) is 82.8 Å². The second-order valence-electron chi connectivity index (χ2n) is 14.5. The number of para-hydroxylation sites is 2. The van der Waals surface area contributed by atoms with Gasteiger partial charge in [0.2, 0.25) is 0 Å². The number of hydrogen-bond acceptors (Lipinski definition) is 2. The third kappa shape index (κ3) is 5.68. The van der Waals surface area contributed by atoms with Gasteiger partial charge in [0.25, 0.3) is 0 Å². The molecule has 0 spiro atoms. The molecule has 0 unspecified atom stereocenters. The second kappa shape index (κ2) is 13.6. The monoisotopic (exact) mass is 728 g/mol. The molecule has 0 atom stereocenters. The summed E-state index contributed by atoms with van der Waals surface area (Å²) in [7, 11) is 0. The summed E-state index contributed by atoms with van der Waals surface area (Å²) in [6.45, 7) is 0. The lowest BCUT2D eigenvalue weighted by Crippen LogP contribution is -2.10. The Morgan fingerprint density at radius 1 is 0.333 bits per heavy atom. The number of rotatable bonds is 7. The van der Waals surface area contributed by atoms with Crippen LogP contribution in [0.1, 0.15) is 0 Å². The zero-order valence-electron chi connectivity index (χ0n) is 31.1. The van der Waals surface area contributed by atoms with Crippen molar-refractivity contribution in [1.82, 2.24) is 4.57 Å². The van der Waals surface area contributed by atoms with Crippen molar-refractivity contribution in [2.75, 3.05) is 4.90 Å². The Balaban J connectivity index is 1.08. The summed E-state index contributed by atoms with van der Waals surface area (Å²) in [5.74, 6) is 0. The molecule has 11 rings (SSSR count). The number of fused-ring (bicyclic) bond motifs is 6. The van der Waals surface area contributed by atoms with E-state index in [0.717, 1.165) is 61.3 Å².